The maximum atomic E-state index is 6.15. The van der Waals surface area contributed by atoms with E-state index in [1.807, 2.05) is 23.6 Å². The summed E-state index contributed by atoms with van der Waals surface area (Å²) in [6, 6.07) is 10.1. The third-order valence-electron chi connectivity index (χ3n) is 2.49. The third kappa shape index (κ3) is 3.11. The van der Waals surface area contributed by atoms with E-state index in [-0.39, 0.29) is 0 Å². The van der Waals surface area contributed by atoms with Crippen LogP contribution < -0.4 is 0 Å². The monoisotopic (exact) mass is 370 g/mol. The number of hydrogen-bond donors (Lipinski definition) is 0. The van der Waals surface area contributed by atoms with E-state index < -0.39 is 0 Å². The highest BCUT2D eigenvalue weighted by atomic mass is 79.9. The predicted molar refractivity (Wildman–Crippen MR) is 86.1 cm³/mol. The zero-order valence-corrected chi connectivity index (χ0v) is 13.6. The summed E-state index contributed by atoms with van der Waals surface area (Å²) in [6.45, 7) is 0. The molecular formula is C13H8BrClN2S2. The van der Waals surface area contributed by atoms with Crippen LogP contribution in [-0.2, 0) is 5.75 Å². The fraction of sp³-hybridized carbons (Fsp3) is 0.0769. The molecule has 0 aliphatic carbocycles. The lowest BCUT2D eigenvalue weighted by Crippen LogP contribution is -1.92. The third-order valence-corrected chi connectivity index (χ3v) is 5.07. The lowest BCUT2D eigenvalue weighted by atomic mass is 10.4. The summed E-state index contributed by atoms with van der Waals surface area (Å²) < 4.78 is 1.07. The van der Waals surface area contributed by atoms with Crippen molar-refractivity contribution in [1.29, 1.82) is 0 Å². The zero-order chi connectivity index (χ0) is 13.2. The van der Waals surface area contributed by atoms with E-state index in [9.17, 15) is 0 Å². The largest absolute Gasteiger partial charge is 0.221 e. The van der Waals surface area contributed by atoms with Gasteiger partial charge in [-0.25, -0.2) is 9.97 Å². The van der Waals surface area contributed by atoms with Gasteiger partial charge in [0.25, 0.3) is 0 Å². The molecule has 96 valence electrons. The lowest BCUT2D eigenvalue weighted by molar-refractivity contribution is 1.07. The second-order valence-electron chi connectivity index (χ2n) is 3.82. The molecule has 2 heterocycles. The van der Waals surface area contributed by atoms with Crippen LogP contribution in [0, 0.1) is 0 Å². The van der Waals surface area contributed by atoms with Gasteiger partial charge in [0, 0.05) is 14.8 Å². The molecule has 0 aliphatic heterocycles. The van der Waals surface area contributed by atoms with Gasteiger partial charge in [0.1, 0.15) is 15.8 Å². The van der Waals surface area contributed by atoms with Crippen molar-refractivity contribution < 1.29 is 0 Å². The molecule has 1 aromatic carbocycles. The topological polar surface area (TPSA) is 25.8 Å². The molecule has 0 bridgehead atoms. The minimum absolute atomic E-state index is 0.538. The van der Waals surface area contributed by atoms with Crippen molar-refractivity contribution in [2.75, 3.05) is 0 Å². The SMILES string of the molecule is Clc1nc(CSc2cccc(Br)c2)nc2sccc12. The number of fused-ring (bicyclic) bond motifs is 1. The molecule has 0 fully saturated rings. The van der Waals surface area contributed by atoms with Crippen molar-refractivity contribution in [2.24, 2.45) is 0 Å². The molecule has 0 N–H and O–H groups in total. The minimum atomic E-state index is 0.538. The summed E-state index contributed by atoms with van der Waals surface area (Å²) in [5.74, 6) is 1.48. The van der Waals surface area contributed by atoms with Crippen LogP contribution in [0.5, 0.6) is 0 Å². The van der Waals surface area contributed by atoms with E-state index in [0.29, 0.717) is 10.9 Å². The smallest absolute Gasteiger partial charge is 0.142 e. The van der Waals surface area contributed by atoms with Gasteiger partial charge in [-0.2, -0.15) is 0 Å². The van der Waals surface area contributed by atoms with Crippen LogP contribution in [0.1, 0.15) is 5.82 Å². The van der Waals surface area contributed by atoms with Crippen molar-refractivity contribution in [2.45, 2.75) is 10.6 Å². The van der Waals surface area contributed by atoms with Gasteiger partial charge in [0.2, 0.25) is 0 Å². The fourth-order valence-electron chi connectivity index (χ4n) is 1.63. The molecule has 0 unspecified atom stereocenters. The number of nitrogens with zero attached hydrogens (tertiary/aromatic N) is 2. The van der Waals surface area contributed by atoms with Crippen LogP contribution in [0.4, 0.5) is 0 Å². The summed E-state index contributed by atoms with van der Waals surface area (Å²) in [5, 5.41) is 3.45. The molecule has 0 saturated carbocycles. The number of rotatable bonds is 3. The number of thioether (sulfide) groups is 1. The first kappa shape index (κ1) is 13.4. The Kier molecular flexibility index (Phi) is 4.07. The van der Waals surface area contributed by atoms with E-state index in [0.717, 1.165) is 20.5 Å². The standard InChI is InChI=1S/C13H8BrClN2S2/c14-8-2-1-3-9(6-8)19-7-11-16-12(15)10-4-5-18-13(10)17-11/h1-6H,7H2. The van der Waals surface area contributed by atoms with Gasteiger partial charge < -0.3 is 0 Å². The maximum absolute atomic E-state index is 6.15. The van der Waals surface area contributed by atoms with Gasteiger partial charge in [-0.15, -0.1) is 23.1 Å². The summed E-state index contributed by atoms with van der Waals surface area (Å²) in [6.07, 6.45) is 0. The molecule has 0 aliphatic rings. The molecule has 2 nitrogen and oxygen atoms in total. The normalized spacial score (nSPS) is 11.1. The Bertz CT molecular complexity index is 729. The maximum Gasteiger partial charge on any atom is 0.142 e. The summed E-state index contributed by atoms with van der Waals surface area (Å²) >= 11 is 12.9. The van der Waals surface area contributed by atoms with Crippen LogP contribution in [0.3, 0.4) is 0 Å². The van der Waals surface area contributed by atoms with Gasteiger partial charge in [0.05, 0.1) is 5.75 Å². The second kappa shape index (κ2) is 5.79. The first-order valence-corrected chi connectivity index (χ1v) is 8.54. The minimum Gasteiger partial charge on any atom is -0.221 e. The van der Waals surface area contributed by atoms with E-state index >= 15 is 0 Å². The molecule has 3 rings (SSSR count). The van der Waals surface area contributed by atoms with Crippen molar-refractivity contribution in [1.82, 2.24) is 9.97 Å². The van der Waals surface area contributed by atoms with Gasteiger partial charge >= 0.3 is 0 Å². The van der Waals surface area contributed by atoms with Crippen LogP contribution in [0.2, 0.25) is 5.15 Å². The van der Waals surface area contributed by atoms with Gasteiger partial charge in [-0.05, 0) is 29.6 Å². The van der Waals surface area contributed by atoms with Crippen molar-refractivity contribution in [3.63, 3.8) is 0 Å². The van der Waals surface area contributed by atoms with E-state index in [1.54, 1.807) is 23.1 Å². The van der Waals surface area contributed by atoms with E-state index in [1.165, 1.54) is 4.90 Å². The summed E-state index contributed by atoms with van der Waals surface area (Å²) in [7, 11) is 0. The average Bonchev–Trinajstić information content (AvgIpc) is 2.85. The van der Waals surface area contributed by atoms with E-state index in [4.69, 9.17) is 11.6 Å². The second-order valence-corrected chi connectivity index (χ2v) is 7.03. The van der Waals surface area contributed by atoms with Crippen LogP contribution in [-0.4, -0.2) is 9.97 Å². The molecule has 0 amide bonds. The zero-order valence-electron chi connectivity index (χ0n) is 9.64. The molecule has 2 aromatic heterocycles. The average molecular weight is 372 g/mol. The van der Waals surface area contributed by atoms with Crippen molar-refractivity contribution >= 4 is 60.8 Å². The number of halogens is 2. The van der Waals surface area contributed by atoms with E-state index in [2.05, 4.69) is 38.0 Å². The Hall–Kier alpha value is -0.620. The summed E-state index contributed by atoms with van der Waals surface area (Å²) in [5.41, 5.74) is 0. The molecule has 19 heavy (non-hydrogen) atoms. The highest BCUT2D eigenvalue weighted by molar-refractivity contribution is 9.10. The Morgan fingerprint density at radius 1 is 1.26 bits per heavy atom. The molecule has 0 spiro atoms. The van der Waals surface area contributed by atoms with Crippen molar-refractivity contribution in [3.8, 4) is 0 Å². The van der Waals surface area contributed by atoms with Gasteiger partial charge in [0.15, 0.2) is 0 Å². The number of benzene rings is 1. The Morgan fingerprint density at radius 3 is 3.00 bits per heavy atom. The molecule has 0 radical (unpaired) electrons. The molecule has 0 saturated heterocycles. The first-order chi connectivity index (χ1) is 9.22. The summed E-state index contributed by atoms with van der Waals surface area (Å²) in [4.78, 5) is 11.0. The molecule has 3 aromatic rings. The first-order valence-electron chi connectivity index (χ1n) is 5.50. The Labute approximate surface area is 132 Å². The van der Waals surface area contributed by atoms with Gasteiger partial charge in [-0.1, -0.05) is 33.6 Å². The number of hydrogen-bond acceptors (Lipinski definition) is 4. The van der Waals surface area contributed by atoms with Crippen molar-refractivity contribution in [3.05, 3.63) is 51.2 Å². The quantitative estimate of drug-likeness (QED) is 0.455. The molecular weight excluding hydrogens is 364 g/mol. The highest BCUT2D eigenvalue weighted by Gasteiger charge is 2.07. The predicted octanol–water partition coefficient (Wildman–Crippen LogP) is 5.40. The Balaban J connectivity index is 1.81. The Morgan fingerprint density at radius 2 is 2.16 bits per heavy atom. The lowest BCUT2D eigenvalue weighted by Gasteiger charge is -2.02. The van der Waals surface area contributed by atoms with Crippen LogP contribution in [0.25, 0.3) is 10.2 Å². The fourth-order valence-corrected chi connectivity index (χ4v) is 4.08. The highest BCUT2D eigenvalue weighted by Crippen LogP contribution is 2.28. The number of thiophene rings is 1. The van der Waals surface area contributed by atoms with Crippen LogP contribution >= 0.6 is 50.6 Å². The number of aromatic nitrogens is 2. The van der Waals surface area contributed by atoms with Crippen LogP contribution in [0.15, 0.2) is 45.1 Å². The van der Waals surface area contributed by atoms with Gasteiger partial charge in [-0.3, -0.25) is 0 Å². The molecule has 6 heteroatoms. The molecule has 0 atom stereocenters.